The molecule has 0 atom stereocenters. The number of nitrogens with one attached hydrogen (secondary N) is 1. The molecule has 0 fully saturated rings. The summed E-state index contributed by atoms with van der Waals surface area (Å²) in [5.74, 6) is 0. The molecule has 0 aromatic heterocycles. The highest BCUT2D eigenvalue weighted by Gasteiger charge is 2.16. The first-order chi connectivity index (χ1) is 9.90. The van der Waals surface area contributed by atoms with Crippen LogP contribution in [0.3, 0.4) is 0 Å². The van der Waals surface area contributed by atoms with Gasteiger partial charge in [-0.3, -0.25) is 0 Å². The number of benzene rings is 1. The van der Waals surface area contributed by atoms with E-state index in [0.29, 0.717) is 19.6 Å². The predicted molar refractivity (Wildman–Crippen MR) is 88.9 cm³/mol. The van der Waals surface area contributed by atoms with Gasteiger partial charge in [-0.15, -0.1) is 0 Å². The average molecular weight is 313 g/mol. The molecular weight excluding hydrogens is 286 g/mol. The number of hydrogen-bond acceptors (Lipinski definition) is 3. The molecule has 6 heteroatoms. The van der Waals surface area contributed by atoms with Gasteiger partial charge < -0.3 is 4.90 Å². The Morgan fingerprint density at radius 3 is 2.10 bits per heavy atom. The lowest BCUT2D eigenvalue weighted by atomic mass is 10.1. The summed E-state index contributed by atoms with van der Waals surface area (Å²) >= 11 is 0. The Kier molecular flexibility index (Phi) is 7.14. The van der Waals surface area contributed by atoms with E-state index in [-0.39, 0.29) is 0 Å². The van der Waals surface area contributed by atoms with Crippen molar-refractivity contribution in [3.8, 4) is 0 Å². The third-order valence-corrected chi connectivity index (χ3v) is 5.19. The highest BCUT2D eigenvalue weighted by atomic mass is 32.2. The zero-order valence-electron chi connectivity index (χ0n) is 13.5. The third-order valence-electron chi connectivity index (χ3n) is 3.42. The van der Waals surface area contributed by atoms with Crippen molar-refractivity contribution >= 4 is 15.9 Å². The molecule has 0 aliphatic rings. The second-order valence-electron chi connectivity index (χ2n) is 5.15. The molecule has 1 aromatic carbocycles. The van der Waals surface area contributed by atoms with E-state index in [4.69, 9.17) is 0 Å². The monoisotopic (exact) mass is 313 g/mol. The van der Waals surface area contributed by atoms with E-state index in [0.717, 1.165) is 12.8 Å². The fourth-order valence-corrected chi connectivity index (χ4v) is 3.37. The summed E-state index contributed by atoms with van der Waals surface area (Å²) < 4.78 is 27.9. The molecule has 21 heavy (non-hydrogen) atoms. The van der Waals surface area contributed by atoms with Gasteiger partial charge in [0.1, 0.15) is 0 Å². The van der Waals surface area contributed by atoms with Crippen molar-refractivity contribution in [2.75, 3.05) is 38.6 Å². The normalized spacial score (nSPS) is 11.9. The van der Waals surface area contributed by atoms with E-state index in [9.17, 15) is 8.42 Å². The highest BCUT2D eigenvalue weighted by Crippen LogP contribution is 2.13. The van der Waals surface area contributed by atoms with Crippen molar-refractivity contribution in [1.82, 2.24) is 9.03 Å². The van der Waals surface area contributed by atoms with Crippen LogP contribution in [0.1, 0.15) is 25.8 Å². The van der Waals surface area contributed by atoms with Gasteiger partial charge in [-0.1, -0.05) is 26.0 Å². The Bertz CT molecular complexity index is 508. The molecule has 0 aliphatic heterocycles. The molecule has 0 amide bonds. The molecule has 0 radical (unpaired) electrons. The number of anilines is 1. The molecule has 0 aliphatic carbocycles. The summed E-state index contributed by atoms with van der Waals surface area (Å²) in [6.45, 7) is 5.15. The molecular formula is C15H27N3O2S. The molecule has 0 spiro atoms. The number of nitrogens with zero attached hydrogens (tertiary/aromatic N) is 2. The number of hydrogen-bond donors (Lipinski definition) is 1. The van der Waals surface area contributed by atoms with Crippen LogP contribution in [0.25, 0.3) is 0 Å². The Morgan fingerprint density at radius 1 is 1.05 bits per heavy atom. The van der Waals surface area contributed by atoms with Crippen LogP contribution in [0, 0.1) is 0 Å². The Morgan fingerprint density at radius 2 is 1.62 bits per heavy atom. The van der Waals surface area contributed by atoms with Crippen LogP contribution >= 0.6 is 0 Å². The molecule has 0 heterocycles. The zero-order chi connectivity index (χ0) is 15.9. The quantitative estimate of drug-likeness (QED) is 0.708. The molecule has 0 saturated carbocycles. The van der Waals surface area contributed by atoms with Crippen molar-refractivity contribution < 1.29 is 8.42 Å². The van der Waals surface area contributed by atoms with Crippen molar-refractivity contribution in [3.63, 3.8) is 0 Å². The lowest BCUT2D eigenvalue weighted by Gasteiger charge is -2.18. The lowest BCUT2D eigenvalue weighted by molar-refractivity contribution is 0.434. The molecule has 0 unspecified atom stereocenters. The lowest BCUT2D eigenvalue weighted by Crippen LogP contribution is -2.40. The van der Waals surface area contributed by atoms with Crippen LogP contribution in [0.4, 0.5) is 5.69 Å². The number of rotatable bonds is 9. The smallest absolute Gasteiger partial charge is 0.279 e. The highest BCUT2D eigenvalue weighted by molar-refractivity contribution is 7.87. The van der Waals surface area contributed by atoms with Gasteiger partial charge in [0.05, 0.1) is 0 Å². The molecule has 1 rings (SSSR count). The maximum Gasteiger partial charge on any atom is 0.279 e. The van der Waals surface area contributed by atoms with E-state index < -0.39 is 10.2 Å². The summed E-state index contributed by atoms with van der Waals surface area (Å²) in [6, 6.07) is 8.34. The van der Waals surface area contributed by atoms with Gasteiger partial charge in [0.15, 0.2) is 0 Å². The SMILES string of the molecule is CCN(CC)S(=O)(=O)NCCCc1ccc(N(C)C)cc1. The molecule has 0 bridgehead atoms. The standard InChI is InChI=1S/C15H27N3O2S/c1-5-18(6-2)21(19,20)16-13-7-8-14-9-11-15(12-10-14)17(3)4/h9-12,16H,5-8,13H2,1-4H3. The van der Waals surface area contributed by atoms with E-state index >= 15 is 0 Å². The second kappa shape index (κ2) is 8.36. The van der Waals surface area contributed by atoms with Crippen LogP contribution in [0.15, 0.2) is 24.3 Å². The van der Waals surface area contributed by atoms with Crippen LogP contribution in [-0.2, 0) is 16.6 Å². The van der Waals surface area contributed by atoms with Gasteiger partial charge in [0, 0.05) is 39.4 Å². The Labute approximate surface area is 129 Å². The van der Waals surface area contributed by atoms with Crippen molar-refractivity contribution in [2.24, 2.45) is 0 Å². The summed E-state index contributed by atoms with van der Waals surface area (Å²) in [5, 5.41) is 0. The minimum absolute atomic E-state index is 0.467. The average Bonchev–Trinajstić information content (AvgIpc) is 2.45. The van der Waals surface area contributed by atoms with Gasteiger partial charge >= 0.3 is 0 Å². The zero-order valence-corrected chi connectivity index (χ0v) is 14.3. The first kappa shape index (κ1) is 17.9. The first-order valence-corrected chi connectivity index (χ1v) is 8.85. The van der Waals surface area contributed by atoms with Gasteiger partial charge in [0.2, 0.25) is 0 Å². The van der Waals surface area contributed by atoms with Crippen molar-refractivity contribution in [1.29, 1.82) is 0 Å². The molecule has 0 saturated heterocycles. The molecule has 1 N–H and O–H groups in total. The first-order valence-electron chi connectivity index (χ1n) is 7.41. The van der Waals surface area contributed by atoms with E-state index in [2.05, 4.69) is 33.9 Å². The Hall–Kier alpha value is -1.11. The predicted octanol–water partition coefficient (Wildman–Crippen LogP) is 1.86. The number of aryl methyl sites for hydroxylation is 1. The summed E-state index contributed by atoms with van der Waals surface area (Å²) in [4.78, 5) is 2.06. The van der Waals surface area contributed by atoms with Crippen molar-refractivity contribution in [2.45, 2.75) is 26.7 Å². The largest absolute Gasteiger partial charge is 0.378 e. The maximum absolute atomic E-state index is 11.9. The summed E-state index contributed by atoms with van der Waals surface area (Å²) in [5.41, 5.74) is 2.39. The van der Waals surface area contributed by atoms with Crippen LogP contribution in [0.2, 0.25) is 0 Å². The second-order valence-corrected chi connectivity index (χ2v) is 6.90. The summed E-state index contributed by atoms with van der Waals surface area (Å²) in [6.07, 6.45) is 1.66. The Balaban J connectivity index is 2.40. The minimum atomic E-state index is -3.32. The molecule has 120 valence electrons. The topological polar surface area (TPSA) is 52.7 Å². The van der Waals surface area contributed by atoms with Crippen LogP contribution < -0.4 is 9.62 Å². The third kappa shape index (κ3) is 5.65. The molecule has 5 nitrogen and oxygen atoms in total. The van der Waals surface area contributed by atoms with Gasteiger partial charge in [-0.2, -0.15) is 12.7 Å². The fraction of sp³-hybridized carbons (Fsp3) is 0.600. The van der Waals surface area contributed by atoms with E-state index in [1.807, 2.05) is 27.9 Å². The van der Waals surface area contributed by atoms with Gasteiger partial charge in [0.25, 0.3) is 10.2 Å². The maximum atomic E-state index is 11.9. The van der Waals surface area contributed by atoms with E-state index in [1.165, 1.54) is 15.6 Å². The minimum Gasteiger partial charge on any atom is -0.378 e. The van der Waals surface area contributed by atoms with Gasteiger partial charge in [-0.05, 0) is 30.5 Å². The van der Waals surface area contributed by atoms with E-state index in [1.54, 1.807) is 0 Å². The van der Waals surface area contributed by atoms with Gasteiger partial charge in [-0.25, -0.2) is 4.72 Å². The van der Waals surface area contributed by atoms with Crippen LogP contribution in [0.5, 0.6) is 0 Å². The molecule has 1 aromatic rings. The fourth-order valence-electron chi connectivity index (χ4n) is 2.11. The summed E-state index contributed by atoms with van der Waals surface area (Å²) in [7, 11) is 0.704. The van der Waals surface area contributed by atoms with Crippen molar-refractivity contribution in [3.05, 3.63) is 29.8 Å². The van der Waals surface area contributed by atoms with Crippen LogP contribution in [-0.4, -0.2) is 46.5 Å².